The standard InChI is InChI=1S/C11H14Cl2N2O/c1-7(11(16)14-2)15-6-8-3-9(12)5-10(13)4-8/h3-5,7,15H,6H2,1-2H3,(H,14,16)/t7-/m1/s1. The van der Waals surface area contributed by atoms with Gasteiger partial charge in [-0.2, -0.15) is 0 Å². The second kappa shape index (κ2) is 6.09. The van der Waals surface area contributed by atoms with E-state index in [-0.39, 0.29) is 11.9 Å². The molecule has 0 radical (unpaired) electrons. The van der Waals surface area contributed by atoms with Crippen LogP contribution < -0.4 is 10.6 Å². The Bertz CT molecular complexity index is 362. The average Bonchev–Trinajstić information content (AvgIpc) is 2.23. The van der Waals surface area contributed by atoms with Gasteiger partial charge in [0.2, 0.25) is 5.91 Å². The van der Waals surface area contributed by atoms with Crippen molar-refractivity contribution < 1.29 is 4.79 Å². The number of carbonyl (C=O) groups is 1. The SMILES string of the molecule is CNC(=O)[C@@H](C)NCc1cc(Cl)cc(Cl)c1. The summed E-state index contributed by atoms with van der Waals surface area (Å²) >= 11 is 11.7. The zero-order valence-electron chi connectivity index (χ0n) is 9.18. The molecule has 3 nitrogen and oxygen atoms in total. The minimum atomic E-state index is -0.247. The zero-order chi connectivity index (χ0) is 12.1. The van der Waals surface area contributed by atoms with Crippen molar-refractivity contribution >= 4 is 29.1 Å². The van der Waals surface area contributed by atoms with Crippen molar-refractivity contribution in [2.24, 2.45) is 0 Å². The van der Waals surface area contributed by atoms with Gasteiger partial charge in [-0.05, 0) is 30.7 Å². The lowest BCUT2D eigenvalue weighted by Crippen LogP contribution is -2.40. The van der Waals surface area contributed by atoms with E-state index in [4.69, 9.17) is 23.2 Å². The van der Waals surface area contributed by atoms with Crippen LogP contribution in [0.3, 0.4) is 0 Å². The number of halogens is 2. The van der Waals surface area contributed by atoms with Gasteiger partial charge in [0.05, 0.1) is 6.04 Å². The highest BCUT2D eigenvalue weighted by Gasteiger charge is 2.09. The van der Waals surface area contributed by atoms with Gasteiger partial charge < -0.3 is 10.6 Å². The summed E-state index contributed by atoms with van der Waals surface area (Å²) in [6, 6.07) is 5.06. The first-order chi connectivity index (χ1) is 7.52. The van der Waals surface area contributed by atoms with E-state index in [1.807, 2.05) is 12.1 Å². The van der Waals surface area contributed by atoms with Crippen LogP contribution in [0.2, 0.25) is 10.0 Å². The van der Waals surface area contributed by atoms with Crippen LogP contribution in [-0.4, -0.2) is 19.0 Å². The Morgan fingerprint density at radius 3 is 2.38 bits per heavy atom. The number of amides is 1. The van der Waals surface area contributed by atoms with Crippen molar-refractivity contribution in [3.63, 3.8) is 0 Å². The Kier molecular flexibility index (Phi) is 5.06. The molecular formula is C11H14Cl2N2O. The van der Waals surface area contributed by atoms with Crippen molar-refractivity contribution in [3.05, 3.63) is 33.8 Å². The van der Waals surface area contributed by atoms with Crippen molar-refractivity contribution in [1.29, 1.82) is 0 Å². The normalized spacial score (nSPS) is 12.2. The van der Waals surface area contributed by atoms with E-state index in [1.165, 1.54) is 0 Å². The molecule has 1 rings (SSSR count). The summed E-state index contributed by atoms with van der Waals surface area (Å²) in [5.74, 6) is -0.0480. The quantitative estimate of drug-likeness (QED) is 0.872. The van der Waals surface area contributed by atoms with E-state index >= 15 is 0 Å². The Morgan fingerprint density at radius 1 is 1.31 bits per heavy atom. The fraction of sp³-hybridized carbons (Fsp3) is 0.364. The molecule has 0 aliphatic carbocycles. The summed E-state index contributed by atoms with van der Waals surface area (Å²) in [7, 11) is 1.61. The van der Waals surface area contributed by atoms with E-state index in [2.05, 4.69) is 10.6 Å². The molecule has 1 atom stereocenters. The Balaban J connectivity index is 2.57. The lowest BCUT2D eigenvalue weighted by Gasteiger charge is -2.12. The molecule has 1 aromatic rings. The lowest BCUT2D eigenvalue weighted by molar-refractivity contribution is -0.122. The fourth-order valence-electron chi connectivity index (χ4n) is 1.29. The van der Waals surface area contributed by atoms with E-state index in [9.17, 15) is 4.79 Å². The second-order valence-electron chi connectivity index (χ2n) is 3.49. The molecule has 0 aliphatic heterocycles. The van der Waals surface area contributed by atoms with Crippen LogP contribution in [0.15, 0.2) is 18.2 Å². The molecule has 5 heteroatoms. The first-order valence-electron chi connectivity index (χ1n) is 4.93. The Hall–Kier alpha value is -0.770. The van der Waals surface area contributed by atoms with Crippen molar-refractivity contribution in [2.75, 3.05) is 7.05 Å². The molecule has 0 aromatic heterocycles. The molecule has 1 aromatic carbocycles. The van der Waals surface area contributed by atoms with E-state index < -0.39 is 0 Å². The number of carbonyl (C=O) groups excluding carboxylic acids is 1. The van der Waals surface area contributed by atoms with Gasteiger partial charge in [-0.1, -0.05) is 23.2 Å². The highest BCUT2D eigenvalue weighted by molar-refractivity contribution is 6.34. The first kappa shape index (κ1) is 13.3. The minimum Gasteiger partial charge on any atom is -0.358 e. The molecule has 2 N–H and O–H groups in total. The number of likely N-dealkylation sites (N-methyl/N-ethyl adjacent to an activating group) is 1. The summed E-state index contributed by atoms with van der Waals surface area (Å²) in [4.78, 5) is 11.2. The third kappa shape index (κ3) is 4.00. The van der Waals surface area contributed by atoms with Crippen LogP contribution in [0.4, 0.5) is 0 Å². The van der Waals surface area contributed by atoms with Gasteiger partial charge in [0.25, 0.3) is 0 Å². The van der Waals surface area contributed by atoms with Crippen molar-refractivity contribution in [1.82, 2.24) is 10.6 Å². The third-order valence-corrected chi connectivity index (χ3v) is 2.61. The smallest absolute Gasteiger partial charge is 0.236 e. The van der Waals surface area contributed by atoms with Crippen LogP contribution >= 0.6 is 23.2 Å². The third-order valence-electron chi connectivity index (χ3n) is 2.17. The largest absolute Gasteiger partial charge is 0.358 e. The number of hydrogen-bond acceptors (Lipinski definition) is 2. The molecule has 0 saturated carbocycles. The Labute approximate surface area is 105 Å². The van der Waals surface area contributed by atoms with Crippen molar-refractivity contribution in [3.8, 4) is 0 Å². The van der Waals surface area contributed by atoms with Gasteiger partial charge in [0, 0.05) is 23.6 Å². The molecule has 16 heavy (non-hydrogen) atoms. The molecule has 1 amide bonds. The summed E-state index contributed by atoms with van der Waals surface area (Å²) in [5, 5.41) is 6.83. The molecular weight excluding hydrogens is 247 g/mol. The molecule has 0 fully saturated rings. The van der Waals surface area contributed by atoms with E-state index in [0.717, 1.165) is 5.56 Å². The van der Waals surface area contributed by atoms with Gasteiger partial charge in [0.15, 0.2) is 0 Å². The maximum Gasteiger partial charge on any atom is 0.236 e. The zero-order valence-corrected chi connectivity index (χ0v) is 10.7. The number of nitrogens with one attached hydrogen (secondary N) is 2. The van der Waals surface area contributed by atoms with Gasteiger partial charge in [0.1, 0.15) is 0 Å². The van der Waals surface area contributed by atoms with Crippen LogP contribution in [0.25, 0.3) is 0 Å². The number of hydrogen-bond donors (Lipinski definition) is 2. The van der Waals surface area contributed by atoms with Crippen LogP contribution in [-0.2, 0) is 11.3 Å². The van der Waals surface area contributed by atoms with Crippen LogP contribution in [0.1, 0.15) is 12.5 Å². The summed E-state index contributed by atoms with van der Waals surface area (Å²) < 4.78 is 0. The molecule has 88 valence electrons. The molecule has 0 saturated heterocycles. The highest BCUT2D eigenvalue weighted by atomic mass is 35.5. The molecule has 0 spiro atoms. The molecule has 0 aliphatic rings. The lowest BCUT2D eigenvalue weighted by atomic mass is 10.2. The van der Waals surface area contributed by atoms with Crippen LogP contribution in [0.5, 0.6) is 0 Å². The molecule has 0 unspecified atom stereocenters. The predicted molar refractivity (Wildman–Crippen MR) is 66.8 cm³/mol. The maximum absolute atomic E-state index is 11.2. The van der Waals surface area contributed by atoms with Gasteiger partial charge >= 0.3 is 0 Å². The Morgan fingerprint density at radius 2 is 1.88 bits per heavy atom. The topological polar surface area (TPSA) is 41.1 Å². The number of benzene rings is 1. The maximum atomic E-state index is 11.2. The summed E-state index contributed by atoms with van der Waals surface area (Å²) in [6.07, 6.45) is 0. The number of rotatable bonds is 4. The van der Waals surface area contributed by atoms with Gasteiger partial charge in [-0.25, -0.2) is 0 Å². The average molecular weight is 261 g/mol. The predicted octanol–water partition coefficient (Wildman–Crippen LogP) is 2.22. The summed E-state index contributed by atoms with van der Waals surface area (Å²) in [6.45, 7) is 2.35. The van der Waals surface area contributed by atoms with Crippen molar-refractivity contribution in [2.45, 2.75) is 19.5 Å². The highest BCUT2D eigenvalue weighted by Crippen LogP contribution is 2.18. The monoisotopic (exact) mass is 260 g/mol. The first-order valence-corrected chi connectivity index (χ1v) is 5.68. The molecule has 0 bridgehead atoms. The fourth-order valence-corrected chi connectivity index (χ4v) is 1.86. The van der Waals surface area contributed by atoms with E-state index in [0.29, 0.717) is 16.6 Å². The molecule has 0 heterocycles. The second-order valence-corrected chi connectivity index (χ2v) is 4.37. The summed E-state index contributed by atoms with van der Waals surface area (Å²) in [5.41, 5.74) is 0.952. The van der Waals surface area contributed by atoms with Gasteiger partial charge in [-0.15, -0.1) is 0 Å². The van der Waals surface area contributed by atoms with Crippen LogP contribution in [0, 0.1) is 0 Å². The van der Waals surface area contributed by atoms with Gasteiger partial charge in [-0.3, -0.25) is 4.79 Å². The van der Waals surface area contributed by atoms with E-state index in [1.54, 1.807) is 20.0 Å². The minimum absolute atomic E-state index is 0.0480.